The number of pyridine rings is 1. The number of nitrogens with zero attached hydrogens (tertiary/aromatic N) is 2. The fourth-order valence-electron chi connectivity index (χ4n) is 1.21. The van der Waals surface area contributed by atoms with Crippen molar-refractivity contribution in [2.45, 2.75) is 20.3 Å². The molecule has 0 aliphatic heterocycles. The molecule has 0 saturated carbocycles. The van der Waals surface area contributed by atoms with Crippen molar-refractivity contribution >= 4 is 11.5 Å². The summed E-state index contributed by atoms with van der Waals surface area (Å²) in [5, 5.41) is 13.6. The van der Waals surface area contributed by atoms with Crippen LogP contribution in [-0.4, -0.2) is 16.5 Å². The molecule has 5 heteroatoms. The summed E-state index contributed by atoms with van der Waals surface area (Å²) < 4.78 is 0. The van der Waals surface area contributed by atoms with Crippen LogP contribution in [0.5, 0.6) is 0 Å². The van der Waals surface area contributed by atoms with E-state index in [0.29, 0.717) is 12.4 Å². The summed E-state index contributed by atoms with van der Waals surface area (Å²) in [6, 6.07) is 1.50. The third-order valence-electron chi connectivity index (χ3n) is 1.99. The van der Waals surface area contributed by atoms with Crippen LogP contribution in [0.25, 0.3) is 0 Å². The second kappa shape index (κ2) is 5.71. The number of aryl methyl sites for hydroxylation is 1. The predicted molar refractivity (Wildman–Crippen MR) is 62.2 cm³/mol. The SMILES string of the molecule is CC#CCCNc1ncc([N+](=O)[O-])cc1C. The van der Waals surface area contributed by atoms with Crippen LogP contribution in [0.3, 0.4) is 0 Å². The average molecular weight is 219 g/mol. The van der Waals surface area contributed by atoms with Gasteiger partial charge >= 0.3 is 0 Å². The molecule has 0 fully saturated rings. The van der Waals surface area contributed by atoms with Gasteiger partial charge in [-0.05, 0) is 19.4 Å². The summed E-state index contributed by atoms with van der Waals surface area (Å²) in [4.78, 5) is 14.0. The van der Waals surface area contributed by atoms with Gasteiger partial charge in [-0.1, -0.05) is 0 Å². The van der Waals surface area contributed by atoms with Crippen molar-refractivity contribution < 1.29 is 4.92 Å². The molecule has 0 atom stereocenters. The highest BCUT2D eigenvalue weighted by molar-refractivity contribution is 5.48. The molecular weight excluding hydrogens is 206 g/mol. The Hall–Kier alpha value is -2.09. The Bertz CT molecular complexity index is 446. The fraction of sp³-hybridized carbons (Fsp3) is 0.364. The lowest BCUT2D eigenvalue weighted by molar-refractivity contribution is -0.385. The normalized spacial score (nSPS) is 9.12. The van der Waals surface area contributed by atoms with Gasteiger partial charge in [-0.25, -0.2) is 4.98 Å². The van der Waals surface area contributed by atoms with E-state index in [4.69, 9.17) is 0 Å². The zero-order chi connectivity index (χ0) is 12.0. The maximum Gasteiger partial charge on any atom is 0.287 e. The van der Waals surface area contributed by atoms with Crippen LogP contribution in [0.15, 0.2) is 12.3 Å². The number of aromatic nitrogens is 1. The molecule has 0 aliphatic rings. The molecule has 1 heterocycles. The van der Waals surface area contributed by atoms with Crippen molar-refractivity contribution in [2.24, 2.45) is 0 Å². The third kappa shape index (κ3) is 3.24. The molecule has 5 nitrogen and oxygen atoms in total. The molecule has 0 aromatic carbocycles. The van der Waals surface area contributed by atoms with E-state index in [0.717, 1.165) is 12.0 Å². The van der Waals surface area contributed by atoms with Gasteiger partial charge in [0.2, 0.25) is 0 Å². The zero-order valence-corrected chi connectivity index (χ0v) is 9.28. The maximum absolute atomic E-state index is 10.5. The summed E-state index contributed by atoms with van der Waals surface area (Å²) in [5.74, 6) is 6.38. The van der Waals surface area contributed by atoms with Gasteiger partial charge in [0.15, 0.2) is 0 Å². The third-order valence-corrected chi connectivity index (χ3v) is 1.99. The van der Waals surface area contributed by atoms with Crippen molar-refractivity contribution in [3.63, 3.8) is 0 Å². The number of nitrogens with one attached hydrogen (secondary N) is 1. The minimum atomic E-state index is -0.452. The molecule has 1 rings (SSSR count). The molecule has 1 N–H and O–H groups in total. The molecular formula is C11H13N3O2. The largest absolute Gasteiger partial charge is 0.369 e. The highest BCUT2D eigenvalue weighted by Gasteiger charge is 2.08. The molecule has 16 heavy (non-hydrogen) atoms. The Morgan fingerprint density at radius 1 is 1.62 bits per heavy atom. The van der Waals surface area contributed by atoms with Crippen LogP contribution in [-0.2, 0) is 0 Å². The van der Waals surface area contributed by atoms with Crippen LogP contribution < -0.4 is 5.32 Å². The van der Waals surface area contributed by atoms with Gasteiger partial charge in [-0.3, -0.25) is 10.1 Å². The van der Waals surface area contributed by atoms with Gasteiger partial charge in [0.25, 0.3) is 5.69 Å². The first-order valence-electron chi connectivity index (χ1n) is 4.89. The minimum absolute atomic E-state index is 0.0106. The van der Waals surface area contributed by atoms with E-state index >= 15 is 0 Å². The van der Waals surface area contributed by atoms with Crippen LogP contribution in [0.1, 0.15) is 18.9 Å². The second-order valence-corrected chi connectivity index (χ2v) is 3.22. The Kier molecular flexibility index (Phi) is 4.28. The molecule has 1 aromatic rings. The van der Waals surface area contributed by atoms with Gasteiger partial charge < -0.3 is 5.32 Å². The van der Waals surface area contributed by atoms with E-state index in [9.17, 15) is 10.1 Å². The zero-order valence-electron chi connectivity index (χ0n) is 9.28. The van der Waals surface area contributed by atoms with E-state index in [2.05, 4.69) is 22.1 Å². The highest BCUT2D eigenvalue weighted by atomic mass is 16.6. The lowest BCUT2D eigenvalue weighted by atomic mass is 10.2. The minimum Gasteiger partial charge on any atom is -0.369 e. The van der Waals surface area contributed by atoms with Gasteiger partial charge in [0, 0.05) is 19.0 Å². The number of hydrogen-bond donors (Lipinski definition) is 1. The maximum atomic E-state index is 10.5. The van der Waals surface area contributed by atoms with Crippen molar-refractivity contribution in [2.75, 3.05) is 11.9 Å². The fourth-order valence-corrected chi connectivity index (χ4v) is 1.21. The smallest absolute Gasteiger partial charge is 0.287 e. The van der Waals surface area contributed by atoms with E-state index in [1.54, 1.807) is 13.8 Å². The second-order valence-electron chi connectivity index (χ2n) is 3.22. The van der Waals surface area contributed by atoms with Crippen molar-refractivity contribution in [3.8, 4) is 11.8 Å². The van der Waals surface area contributed by atoms with Crippen LogP contribution in [0.4, 0.5) is 11.5 Å². The monoisotopic (exact) mass is 219 g/mol. The Labute approximate surface area is 94.0 Å². The molecule has 0 unspecified atom stereocenters. The van der Waals surface area contributed by atoms with E-state index in [1.165, 1.54) is 12.3 Å². The molecule has 84 valence electrons. The average Bonchev–Trinajstić information content (AvgIpc) is 2.26. The van der Waals surface area contributed by atoms with Crippen LogP contribution >= 0.6 is 0 Å². The predicted octanol–water partition coefficient (Wildman–Crippen LogP) is 2.12. The Morgan fingerprint density at radius 2 is 2.38 bits per heavy atom. The topological polar surface area (TPSA) is 68.1 Å². The van der Waals surface area contributed by atoms with Crippen LogP contribution in [0, 0.1) is 28.9 Å². The van der Waals surface area contributed by atoms with E-state index in [-0.39, 0.29) is 5.69 Å². The van der Waals surface area contributed by atoms with E-state index < -0.39 is 4.92 Å². The summed E-state index contributed by atoms with van der Waals surface area (Å²) in [5.41, 5.74) is 0.773. The molecule has 0 bridgehead atoms. The lowest BCUT2D eigenvalue weighted by Gasteiger charge is -2.05. The Morgan fingerprint density at radius 3 is 2.94 bits per heavy atom. The van der Waals surface area contributed by atoms with Crippen molar-refractivity contribution in [1.82, 2.24) is 4.98 Å². The highest BCUT2D eigenvalue weighted by Crippen LogP contribution is 2.17. The molecule has 0 saturated heterocycles. The van der Waals surface area contributed by atoms with Gasteiger partial charge in [-0.15, -0.1) is 11.8 Å². The van der Waals surface area contributed by atoms with Gasteiger partial charge in [0.1, 0.15) is 12.0 Å². The lowest BCUT2D eigenvalue weighted by Crippen LogP contribution is -2.04. The number of hydrogen-bond acceptors (Lipinski definition) is 4. The summed E-state index contributed by atoms with van der Waals surface area (Å²) in [6.45, 7) is 4.26. The number of rotatable bonds is 4. The quantitative estimate of drug-likeness (QED) is 0.364. The first-order valence-corrected chi connectivity index (χ1v) is 4.89. The molecule has 0 aliphatic carbocycles. The van der Waals surface area contributed by atoms with Gasteiger partial charge in [0.05, 0.1) is 4.92 Å². The molecule has 1 aromatic heterocycles. The summed E-state index contributed by atoms with van der Waals surface area (Å²) in [6.07, 6.45) is 1.98. The number of nitro groups is 1. The van der Waals surface area contributed by atoms with Crippen molar-refractivity contribution in [3.05, 3.63) is 27.9 Å². The van der Waals surface area contributed by atoms with Crippen LogP contribution in [0.2, 0.25) is 0 Å². The first kappa shape index (κ1) is 12.0. The number of anilines is 1. The van der Waals surface area contributed by atoms with Gasteiger partial charge in [-0.2, -0.15) is 0 Å². The summed E-state index contributed by atoms with van der Waals surface area (Å²) >= 11 is 0. The molecule has 0 spiro atoms. The first-order chi connectivity index (χ1) is 7.65. The molecule has 0 amide bonds. The van der Waals surface area contributed by atoms with E-state index in [1.807, 2.05) is 0 Å². The summed E-state index contributed by atoms with van der Waals surface area (Å²) in [7, 11) is 0. The molecule has 0 radical (unpaired) electrons. The Balaban J connectivity index is 2.67. The van der Waals surface area contributed by atoms with Crippen molar-refractivity contribution in [1.29, 1.82) is 0 Å². The standard InChI is InChI=1S/C11H13N3O2/c1-3-4-5-6-12-11-9(2)7-10(8-13-11)14(15)16/h7-8H,5-6H2,1-2H3,(H,12,13).